The summed E-state index contributed by atoms with van der Waals surface area (Å²) in [6, 6.07) is 1.82. The molecule has 1 rings (SSSR count). The summed E-state index contributed by atoms with van der Waals surface area (Å²) in [5.41, 5.74) is 6.28. The Bertz CT molecular complexity index is 307. The van der Waals surface area contributed by atoms with Gasteiger partial charge in [0.1, 0.15) is 0 Å². The van der Waals surface area contributed by atoms with E-state index in [4.69, 9.17) is 5.73 Å². The zero-order valence-corrected chi connectivity index (χ0v) is 8.70. The van der Waals surface area contributed by atoms with Gasteiger partial charge >= 0.3 is 0 Å². The Morgan fingerprint density at radius 3 is 2.85 bits per heavy atom. The molecule has 0 aromatic carbocycles. The van der Waals surface area contributed by atoms with Crippen LogP contribution in [0.15, 0.2) is 6.07 Å². The molecule has 0 aliphatic rings. The number of anilines is 1. The number of thiophene rings is 1. The Labute approximate surface area is 81.9 Å². The molecule has 0 saturated carbocycles. The summed E-state index contributed by atoms with van der Waals surface area (Å²) >= 11 is 1.45. The molecule has 1 aromatic heterocycles. The van der Waals surface area contributed by atoms with Crippen molar-refractivity contribution in [2.75, 3.05) is 12.3 Å². The second-order valence-electron chi connectivity index (χ2n) is 2.89. The van der Waals surface area contributed by atoms with Gasteiger partial charge < -0.3 is 11.1 Å². The largest absolute Gasteiger partial charge is 0.390 e. The van der Waals surface area contributed by atoms with Gasteiger partial charge in [-0.3, -0.25) is 4.79 Å². The summed E-state index contributed by atoms with van der Waals surface area (Å²) in [5.74, 6) is -0.0660. The Morgan fingerprint density at radius 1 is 1.69 bits per heavy atom. The SMILES string of the molecule is CCCNC(=O)c1cc(C)sc1N. The molecule has 72 valence electrons. The van der Waals surface area contributed by atoms with Crippen molar-refractivity contribution in [1.82, 2.24) is 5.32 Å². The van der Waals surface area contributed by atoms with Crippen LogP contribution in [0, 0.1) is 6.92 Å². The van der Waals surface area contributed by atoms with Crippen molar-refractivity contribution in [3.8, 4) is 0 Å². The van der Waals surface area contributed by atoms with Crippen molar-refractivity contribution >= 4 is 22.2 Å². The van der Waals surface area contributed by atoms with E-state index in [0.29, 0.717) is 17.1 Å². The first-order valence-corrected chi connectivity index (χ1v) is 5.11. The average Bonchev–Trinajstić information content (AvgIpc) is 2.41. The highest BCUT2D eigenvalue weighted by Crippen LogP contribution is 2.23. The van der Waals surface area contributed by atoms with Crippen molar-refractivity contribution in [3.63, 3.8) is 0 Å². The number of nitrogen functional groups attached to an aromatic ring is 1. The maximum atomic E-state index is 11.5. The van der Waals surface area contributed by atoms with Crippen molar-refractivity contribution in [1.29, 1.82) is 0 Å². The third-order valence-corrected chi connectivity index (χ3v) is 2.54. The summed E-state index contributed by atoms with van der Waals surface area (Å²) in [6.45, 7) is 4.66. The molecule has 0 unspecified atom stereocenters. The molecule has 0 aliphatic carbocycles. The smallest absolute Gasteiger partial charge is 0.254 e. The van der Waals surface area contributed by atoms with Crippen LogP contribution in [0.2, 0.25) is 0 Å². The Balaban J connectivity index is 2.70. The van der Waals surface area contributed by atoms with E-state index in [2.05, 4.69) is 5.32 Å². The van der Waals surface area contributed by atoms with Gasteiger partial charge in [-0.25, -0.2) is 0 Å². The quantitative estimate of drug-likeness (QED) is 0.777. The monoisotopic (exact) mass is 198 g/mol. The van der Waals surface area contributed by atoms with E-state index in [1.165, 1.54) is 11.3 Å². The van der Waals surface area contributed by atoms with Gasteiger partial charge in [0.2, 0.25) is 0 Å². The highest BCUT2D eigenvalue weighted by molar-refractivity contribution is 7.16. The number of hydrogen-bond acceptors (Lipinski definition) is 3. The number of hydrogen-bond donors (Lipinski definition) is 2. The fourth-order valence-electron chi connectivity index (χ4n) is 1.04. The molecule has 3 N–H and O–H groups in total. The Kier molecular flexibility index (Phi) is 3.31. The number of rotatable bonds is 3. The second kappa shape index (κ2) is 4.28. The minimum Gasteiger partial charge on any atom is -0.390 e. The van der Waals surface area contributed by atoms with E-state index in [-0.39, 0.29) is 5.91 Å². The van der Waals surface area contributed by atoms with E-state index >= 15 is 0 Å². The fourth-order valence-corrected chi connectivity index (χ4v) is 1.83. The number of nitrogens with one attached hydrogen (secondary N) is 1. The number of nitrogens with two attached hydrogens (primary N) is 1. The molecule has 1 amide bonds. The molecule has 3 nitrogen and oxygen atoms in total. The lowest BCUT2D eigenvalue weighted by Crippen LogP contribution is -2.24. The molecule has 0 fully saturated rings. The minimum absolute atomic E-state index is 0.0660. The number of amides is 1. The van der Waals surface area contributed by atoms with E-state index in [0.717, 1.165) is 11.3 Å². The van der Waals surface area contributed by atoms with Gasteiger partial charge in [0, 0.05) is 11.4 Å². The van der Waals surface area contributed by atoms with E-state index < -0.39 is 0 Å². The zero-order chi connectivity index (χ0) is 9.84. The van der Waals surface area contributed by atoms with Crippen molar-refractivity contribution in [2.24, 2.45) is 0 Å². The van der Waals surface area contributed by atoms with Gasteiger partial charge in [-0.15, -0.1) is 11.3 Å². The third kappa shape index (κ3) is 2.45. The molecule has 0 bridgehead atoms. The van der Waals surface area contributed by atoms with Gasteiger partial charge in [0.25, 0.3) is 5.91 Å². The van der Waals surface area contributed by atoms with E-state index in [9.17, 15) is 4.79 Å². The van der Waals surface area contributed by atoms with Crippen LogP contribution in [0.4, 0.5) is 5.00 Å². The van der Waals surface area contributed by atoms with Crippen LogP contribution < -0.4 is 11.1 Å². The van der Waals surface area contributed by atoms with Gasteiger partial charge in [0.15, 0.2) is 0 Å². The van der Waals surface area contributed by atoms with Crippen molar-refractivity contribution in [2.45, 2.75) is 20.3 Å². The normalized spacial score (nSPS) is 10.0. The van der Waals surface area contributed by atoms with Crippen LogP contribution in [0.1, 0.15) is 28.6 Å². The topological polar surface area (TPSA) is 55.1 Å². The lowest BCUT2D eigenvalue weighted by molar-refractivity contribution is 0.0955. The third-order valence-electron chi connectivity index (χ3n) is 1.66. The summed E-state index contributed by atoms with van der Waals surface area (Å²) in [4.78, 5) is 12.5. The van der Waals surface area contributed by atoms with Crippen LogP contribution >= 0.6 is 11.3 Å². The zero-order valence-electron chi connectivity index (χ0n) is 7.89. The molecule has 0 saturated heterocycles. The van der Waals surface area contributed by atoms with Crippen LogP contribution in [0.5, 0.6) is 0 Å². The summed E-state index contributed by atoms with van der Waals surface area (Å²) < 4.78 is 0. The fraction of sp³-hybridized carbons (Fsp3) is 0.444. The summed E-state index contributed by atoms with van der Waals surface area (Å²) in [7, 11) is 0. The molecule has 0 radical (unpaired) electrons. The molecule has 13 heavy (non-hydrogen) atoms. The number of carbonyl (C=O) groups is 1. The van der Waals surface area contributed by atoms with Gasteiger partial charge in [-0.05, 0) is 19.4 Å². The lowest BCUT2D eigenvalue weighted by atomic mass is 10.2. The molecule has 1 aromatic rings. The van der Waals surface area contributed by atoms with Gasteiger partial charge in [0.05, 0.1) is 10.6 Å². The first-order chi connectivity index (χ1) is 6.15. The van der Waals surface area contributed by atoms with E-state index in [1.54, 1.807) is 0 Å². The molecule has 0 atom stereocenters. The minimum atomic E-state index is -0.0660. The first-order valence-electron chi connectivity index (χ1n) is 4.29. The Morgan fingerprint density at radius 2 is 2.38 bits per heavy atom. The van der Waals surface area contributed by atoms with Gasteiger partial charge in [-0.1, -0.05) is 6.92 Å². The van der Waals surface area contributed by atoms with Crippen molar-refractivity contribution < 1.29 is 4.79 Å². The first kappa shape index (κ1) is 10.1. The summed E-state index contributed by atoms with van der Waals surface area (Å²) in [5, 5.41) is 3.39. The molecule has 0 spiro atoms. The molecular weight excluding hydrogens is 184 g/mol. The predicted octanol–water partition coefficient (Wildman–Crippen LogP) is 1.78. The maximum Gasteiger partial charge on any atom is 0.254 e. The average molecular weight is 198 g/mol. The molecule has 0 aliphatic heterocycles. The lowest BCUT2D eigenvalue weighted by Gasteiger charge is -2.01. The van der Waals surface area contributed by atoms with E-state index in [1.807, 2.05) is 19.9 Å². The Hall–Kier alpha value is -1.03. The number of aryl methyl sites for hydroxylation is 1. The van der Waals surface area contributed by atoms with Crippen LogP contribution in [0.25, 0.3) is 0 Å². The van der Waals surface area contributed by atoms with Gasteiger partial charge in [-0.2, -0.15) is 0 Å². The van der Waals surface area contributed by atoms with Crippen LogP contribution in [-0.4, -0.2) is 12.5 Å². The van der Waals surface area contributed by atoms with Crippen LogP contribution in [-0.2, 0) is 0 Å². The molecule has 1 heterocycles. The molecular formula is C9H14N2OS. The summed E-state index contributed by atoms with van der Waals surface area (Å²) in [6.07, 6.45) is 0.939. The second-order valence-corrected chi connectivity index (χ2v) is 4.18. The molecule has 4 heteroatoms. The number of carbonyl (C=O) groups excluding carboxylic acids is 1. The van der Waals surface area contributed by atoms with Crippen molar-refractivity contribution in [3.05, 3.63) is 16.5 Å². The standard InChI is InChI=1S/C9H14N2OS/c1-3-4-11-9(12)7-5-6(2)13-8(7)10/h5H,3-4,10H2,1-2H3,(H,11,12). The van der Waals surface area contributed by atoms with Crippen LogP contribution in [0.3, 0.4) is 0 Å². The predicted molar refractivity (Wildman–Crippen MR) is 56.1 cm³/mol. The highest BCUT2D eigenvalue weighted by atomic mass is 32.1. The maximum absolute atomic E-state index is 11.5. The highest BCUT2D eigenvalue weighted by Gasteiger charge is 2.11.